The average molecular weight is 539 g/mol. The van der Waals surface area contributed by atoms with Gasteiger partial charge in [-0.3, -0.25) is 14.8 Å². The highest BCUT2D eigenvalue weighted by atomic mass is 35.5. The quantitative estimate of drug-likeness (QED) is 0.203. The first-order valence-electron chi connectivity index (χ1n) is 9.52. The average Bonchev–Trinajstić information content (AvgIpc) is 3.31. The molecule has 0 unspecified atom stereocenters. The second-order valence-electron chi connectivity index (χ2n) is 6.90. The van der Waals surface area contributed by atoms with E-state index in [4.69, 9.17) is 39.5 Å². The van der Waals surface area contributed by atoms with Gasteiger partial charge in [-0.1, -0.05) is 46.9 Å². The van der Waals surface area contributed by atoms with Gasteiger partial charge in [-0.2, -0.15) is 0 Å². The van der Waals surface area contributed by atoms with Crippen molar-refractivity contribution in [2.75, 3.05) is 4.72 Å². The Morgan fingerprint density at radius 2 is 1.53 bits per heavy atom. The van der Waals surface area contributed by atoms with Crippen molar-refractivity contribution in [2.24, 2.45) is 0 Å². The Morgan fingerprint density at radius 3 is 2.15 bits per heavy atom. The van der Waals surface area contributed by atoms with Crippen LogP contribution in [0.5, 0.6) is 11.5 Å². The summed E-state index contributed by atoms with van der Waals surface area (Å²) in [7, 11) is -4.07. The van der Waals surface area contributed by atoms with Gasteiger partial charge >= 0.3 is 0 Å². The summed E-state index contributed by atoms with van der Waals surface area (Å²) in [6.45, 7) is 0. The maximum Gasteiger partial charge on any atom is 0.271 e. The van der Waals surface area contributed by atoms with Crippen molar-refractivity contribution >= 4 is 56.2 Å². The lowest BCUT2D eigenvalue weighted by Crippen LogP contribution is -2.14. The van der Waals surface area contributed by atoms with Crippen molar-refractivity contribution in [1.29, 1.82) is 0 Å². The number of hydrogen-bond donors (Lipinski definition) is 1. The van der Waals surface area contributed by atoms with Crippen LogP contribution in [-0.4, -0.2) is 17.9 Å². The molecule has 0 saturated carbocycles. The number of para-hydroxylation sites is 2. The van der Waals surface area contributed by atoms with Gasteiger partial charge in [0.15, 0.2) is 5.75 Å². The summed E-state index contributed by atoms with van der Waals surface area (Å²) < 4.78 is 36.1. The third-order valence-electron chi connectivity index (χ3n) is 4.65. The van der Waals surface area contributed by atoms with Crippen LogP contribution in [0.25, 0.3) is 5.69 Å². The van der Waals surface area contributed by atoms with E-state index in [-0.39, 0.29) is 37.1 Å². The summed E-state index contributed by atoms with van der Waals surface area (Å²) in [4.78, 5) is 10.1. The largest absolute Gasteiger partial charge is 0.453 e. The molecule has 0 bridgehead atoms. The zero-order chi connectivity index (χ0) is 24.5. The molecule has 0 fully saturated rings. The molecule has 174 valence electrons. The molecule has 0 aliphatic carbocycles. The normalized spacial score (nSPS) is 11.3. The molecule has 1 N–H and O–H groups in total. The number of nitrogens with one attached hydrogen (secondary N) is 1. The van der Waals surface area contributed by atoms with Crippen LogP contribution in [0.2, 0.25) is 15.1 Å². The highest BCUT2D eigenvalue weighted by Crippen LogP contribution is 2.41. The Bertz CT molecular complexity index is 1470. The minimum atomic E-state index is -4.07. The van der Waals surface area contributed by atoms with Crippen LogP contribution in [0.3, 0.4) is 0 Å². The summed E-state index contributed by atoms with van der Waals surface area (Å²) >= 11 is 18.6. The fourth-order valence-corrected chi connectivity index (χ4v) is 5.10. The predicted molar refractivity (Wildman–Crippen MR) is 131 cm³/mol. The second kappa shape index (κ2) is 9.55. The van der Waals surface area contributed by atoms with Crippen molar-refractivity contribution < 1.29 is 18.1 Å². The fraction of sp³-hybridized carbons (Fsp3) is 0. The molecule has 0 radical (unpaired) electrons. The first-order chi connectivity index (χ1) is 16.2. The van der Waals surface area contributed by atoms with Gasteiger partial charge in [0.1, 0.15) is 5.75 Å². The van der Waals surface area contributed by atoms with Crippen molar-refractivity contribution in [3.05, 3.63) is 104 Å². The minimum Gasteiger partial charge on any atom is -0.453 e. The van der Waals surface area contributed by atoms with Crippen LogP contribution in [0.1, 0.15) is 0 Å². The van der Waals surface area contributed by atoms with Gasteiger partial charge in [0.25, 0.3) is 15.7 Å². The van der Waals surface area contributed by atoms with E-state index in [2.05, 4.69) is 4.72 Å². The highest BCUT2D eigenvalue weighted by Gasteiger charge is 2.22. The van der Waals surface area contributed by atoms with Gasteiger partial charge in [0, 0.05) is 24.5 Å². The van der Waals surface area contributed by atoms with E-state index in [1.165, 1.54) is 24.3 Å². The SMILES string of the molecule is O=[N+]([O-])c1ccc(Oc2c(Cl)cc(S(=O)(=O)Nc3ccccc3-n3cccc3)cc2Cl)c(Cl)c1. The van der Waals surface area contributed by atoms with Crippen molar-refractivity contribution in [3.8, 4) is 17.2 Å². The van der Waals surface area contributed by atoms with E-state index in [9.17, 15) is 18.5 Å². The fourth-order valence-electron chi connectivity index (χ4n) is 3.07. The van der Waals surface area contributed by atoms with Gasteiger partial charge in [-0.15, -0.1) is 0 Å². The highest BCUT2D eigenvalue weighted by molar-refractivity contribution is 7.92. The molecule has 4 rings (SSSR count). The molecule has 34 heavy (non-hydrogen) atoms. The van der Waals surface area contributed by atoms with E-state index in [1.807, 2.05) is 12.1 Å². The number of rotatable bonds is 7. The van der Waals surface area contributed by atoms with Crippen LogP contribution < -0.4 is 9.46 Å². The number of non-ortho nitro benzene ring substituents is 1. The van der Waals surface area contributed by atoms with Crippen molar-refractivity contribution in [3.63, 3.8) is 0 Å². The first-order valence-corrected chi connectivity index (χ1v) is 12.1. The Kier molecular flexibility index (Phi) is 6.72. The van der Waals surface area contributed by atoms with E-state index in [0.717, 1.165) is 6.07 Å². The van der Waals surface area contributed by atoms with Crippen LogP contribution >= 0.6 is 34.8 Å². The third kappa shape index (κ3) is 4.97. The zero-order valence-corrected chi connectivity index (χ0v) is 20.1. The third-order valence-corrected chi connectivity index (χ3v) is 6.85. The Hall–Kier alpha value is -3.24. The van der Waals surface area contributed by atoms with Gasteiger partial charge in [0.05, 0.1) is 36.3 Å². The first kappa shape index (κ1) is 23.9. The monoisotopic (exact) mass is 537 g/mol. The number of sulfonamides is 1. The molecule has 0 aliphatic rings. The van der Waals surface area contributed by atoms with Crippen molar-refractivity contribution in [2.45, 2.75) is 4.90 Å². The van der Waals surface area contributed by atoms with E-state index < -0.39 is 14.9 Å². The molecule has 3 aromatic carbocycles. The second-order valence-corrected chi connectivity index (χ2v) is 9.81. The summed E-state index contributed by atoms with van der Waals surface area (Å²) in [5.74, 6) is 0.0104. The number of halogens is 3. The van der Waals surface area contributed by atoms with Crippen LogP contribution in [0.4, 0.5) is 11.4 Å². The molecule has 0 saturated heterocycles. The van der Waals surface area contributed by atoms with Crippen LogP contribution in [0.15, 0.2) is 84.0 Å². The predicted octanol–water partition coefficient (Wildman–Crippen LogP) is 6.94. The summed E-state index contributed by atoms with van der Waals surface area (Å²) in [5, 5.41) is 10.6. The molecule has 0 spiro atoms. The maximum atomic E-state index is 13.1. The van der Waals surface area contributed by atoms with E-state index >= 15 is 0 Å². The zero-order valence-electron chi connectivity index (χ0n) is 17.0. The molecule has 12 heteroatoms. The molecule has 8 nitrogen and oxygen atoms in total. The number of aromatic nitrogens is 1. The number of anilines is 1. The molecular formula is C22H14Cl3N3O5S. The molecule has 0 amide bonds. The topological polar surface area (TPSA) is 103 Å². The Balaban J connectivity index is 1.64. The maximum absolute atomic E-state index is 13.1. The van der Waals surface area contributed by atoms with Gasteiger partial charge in [-0.25, -0.2) is 8.42 Å². The number of hydrogen-bond acceptors (Lipinski definition) is 5. The molecule has 1 heterocycles. The van der Waals surface area contributed by atoms with E-state index in [0.29, 0.717) is 11.4 Å². The molecule has 0 atom stereocenters. The number of nitro groups is 1. The molecule has 4 aromatic rings. The Labute approximate surface area is 209 Å². The van der Waals surface area contributed by atoms with Crippen molar-refractivity contribution in [1.82, 2.24) is 4.57 Å². The van der Waals surface area contributed by atoms with Crippen LogP contribution in [0, 0.1) is 10.1 Å². The van der Waals surface area contributed by atoms with Crippen LogP contribution in [-0.2, 0) is 10.0 Å². The molecule has 0 aliphatic heterocycles. The minimum absolute atomic E-state index is 0.0404. The molecular weight excluding hydrogens is 525 g/mol. The summed E-state index contributed by atoms with van der Waals surface area (Å²) in [6.07, 6.45) is 3.58. The smallest absolute Gasteiger partial charge is 0.271 e. The number of benzene rings is 3. The standard InChI is InChI=1S/C22H14Cl3N3O5S/c23-16-11-14(28(29)30)7-8-21(16)33-22-17(24)12-15(13-18(22)25)34(31,32)26-19-5-1-2-6-20(19)27-9-3-4-10-27/h1-13,26H. The number of ether oxygens (including phenoxy) is 1. The lowest BCUT2D eigenvalue weighted by molar-refractivity contribution is -0.384. The molecule has 1 aromatic heterocycles. The lowest BCUT2D eigenvalue weighted by atomic mass is 10.3. The summed E-state index contributed by atoms with van der Waals surface area (Å²) in [5.41, 5.74) is 0.757. The van der Waals surface area contributed by atoms with Gasteiger partial charge in [0.2, 0.25) is 0 Å². The van der Waals surface area contributed by atoms with Gasteiger partial charge in [-0.05, 0) is 42.5 Å². The summed E-state index contributed by atoms with van der Waals surface area (Å²) in [6, 6.07) is 16.5. The lowest BCUT2D eigenvalue weighted by Gasteiger charge is -2.15. The Morgan fingerprint density at radius 1 is 0.882 bits per heavy atom. The number of nitrogens with zero attached hydrogens (tertiary/aromatic N) is 2. The number of nitro benzene ring substituents is 1. The van der Waals surface area contributed by atoms with Gasteiger partial charge < -0.3 is 9.30 Å². The van der Waals surface area contributed by atoms with E-state index in [1.54, 1.807) is 41.2 Å².